The van der Waals surface area contributed by atoms with Gasteiger partial charge in [0.25, 0.3) is 0 Å². The third-order valence-electron chi connectivity index (χ3n) is 3.60. The number of halogens is 2. The van der Waals surface area contributed by atoms with Crippen LogP contribution in [0.4, 0.5) is 14.7 Å². The zero-order valence-corrected chi connectivity index (χ0v) is 12.0. The Hall–Kier alpha value is -2.83. The molecule has 0 atom stereocenters. The van der Waals surface area contributed by atoms with Crippen LogP contribution in [0.25, 0.3) is 6.08 Å². The highest BCUT2D eigenvalue weighted by Gasteiger charge is 2.24. The number of carboxylic acid groups (broad SMARTS) is 1. The largest absolute Gasteiger partial charge is 0.478 e. The van der Waals surface area contributed by atoms with Crippen molar-refractivity contribution in [3.8, 4) is 0 Å². The third kappa shape index (κ3) is 3.50. The summed E-state index contributed by atoms with van der Waals surface area (Å²) in [6, 6.07) is 2.42. The van der Waals surface area contributed by atoms with Crippen LogP contribution in [-0.2, 0) is 17.6 Å². The molecule has 0 spiro atoms. The number of fused-ring (bicyclic) bond motifs is 1. The minimum Gasteiger partial charge on any atom is -0.478 e. The summed E-state index contributed by atoms with van der Waals surface area (Å²) in [6.07, 6.45) is 6.52. The second-order valence-corrected chi connectivity index (χ2v) is 5.30. The molecule has 1 aromatic heterocycles. The van der Waals surface area contributed by atoms with Crippen LogP contribution in [-0.4, -0.2) is 27.1 Å². The molecule has 118 valence electrons. The summed E-state index contributed by atoms with van der Waals surface area (Å²) >= 11 is 0. The quantitative estimate of drug-likeness (QED) is 0.847. The van der Waals surface area contributed by atoms with E-state index in [0.717, 1.165) is 17.2 Å². The van der Waals surface area contributed by atoms with Gasteiger partial charge in [-0.1, -0.05) is 0 Å². The molecule has 0 amide bonds. The molecule has 0 saturated heterocycles. The zero-order valence-electron chi connectivity index (χ0n) is 12.0. The average molecular weight is 317 g/mol. The molecule has 0 bridgehead atoms. The summed E-state index contributed by atoms with van der Waals surface area (Å²) in [4.78, 5) is 18.6. The molecule has 0 aliphatic heterocycles. The summed E-state index contributed by atoms with van der Waals surface area (Å²) in [6.45, 7) is 0. The summed E-state index contributed by atoms with van der Waals surface area (Å²) in [5, 5.41) is 11.7. The molecule has 2 N–H and O–H groups in total. The molecular weight excluding hydrogens is 304 g/mol. The van der Waals surface area contributed by atoms with Gasteiger partial charge in [0, 0.05) is 30.1 Å². The zero-order chi connectivity index (χ0) is 16.4. The van der Waals surface area contributed by atoms with E-state index < -0.39 is 17.6 Å². The molecule has 2 aromatic rings. The Morgan fingerprint density at radius 2 is 1.74 bits per heavy atom. The number of nitrogens with zero attached hydrogens (tertiary/aromatic N) is 2. The van der Waals surface area contributed by atoms with Crippen LogP contribution < -0.4 is 5.32 Å². The van der Waals surface area contributed by atoms with Crippen molar-refractivity contribution in [1.29, 1.82) is 0 Å². The smallest absolute Gasteiger partial charge is 0.328 e. The Balaban J connectivity index is 1.66. The first-order valence-corrected chi connectivity index (χ1v) is 6.97. The van der Waals surface area contributed by atoms with E-state index in [0.29, 0.717) is 24.4 Å². The molecule has 7 heteroatoms. The fourth-order valence-electron chi connectivity index (χ4n) is 2.56. The number of nitrogens with one attached hydrogen (secondary N) is 1. The fraction of sp³-hybridized carbons (Fsp3) is 0.188. The monoisotopic (exact) mass is 317 g/mol. The van der Waals surface area contributed by atoms with Gasteiger partial charge in [0.1, 0.15) is 0 Å². The van der Waals surface area contributed by atoms with Gasteiger partial charge in [-0.3, -0.25) is 0 Å². The van der Waals surface area contributed by atoms with Crippen LogP contribution in [0, 0.1) is 11.6 Å². The van der Waals surface area contributed by atoms with Gasteiger partial charge in [-0.05, 0) is 42.2 Å². The summed E-state index contributed by atoms with van der Waals surface area (Å²) in [5.41, 5.74) is 2.13. The van der Waals surface area contributed by atoms with Crippen molar-refractivity contribution >= 4 is 18.0 Å². The van der Waals surface area contributed by atoms with E-state index in [1.54, 1.807) is 0 Å². The van der Waals surface area contributed by atoms with Gasteiger partial charge in [-0.2, -0.15) is 0 Å². The minimum atomic E-state index is -1.05. The maximum Gasteiger partial charge on any atom is 0.328 e. The van der Waals surface area contributed by atoms with Gasteiger partial charge in [0.15, 0.2) is 11.6 Å². The molecular formula is C16H13F2N3O2. The number of carboxylic acids is 1. The molecule has 1 aliphatic rings. The molecule has 3 rings (SSSR count). The predicted molar refractivity (Wildman–Crippen MR) is 79.9 cm³/mol. The number of anilines is 1. The van der Waals surface area contributed by atoms with Gasteiger partial charge in [-0.15, -0.1) is 0 Å². The van der Waals surface area contributed by atoms with Crippen LogP contribution in [0.15, 0.2) is 30.6 Å². The molecule has 0 fully saturated rings. The van der Waals surface area contributed by atoms with E-state index in [4.69, 9.17) is 5.11 Å². The molecule has 1 aliphatic carbocycles. The van der Waals surface area contributed by atoms with Crippen molar-refractivity contribution in [3.63, 3.8) is 0 Å². The normalized spacial score (nSPS) is 14.2. The summed E-state index contributed by atoms with van der Waals surface area (Å²) < 4.78 is 26.5. The van der Waals surface area contributed by atoms with Gasteiger partial charge in [-0.25, -0.2) is 23.5 Å². The average Bonchev–Trinajstić information content (AvgIpc) is 2.88. The number of benzene rings is 1. The van der Waals surface area contributed by atoms with E-state index in [1.165, 1.54) is 30.6 Å². The van der Waals surface area contributed by atoms with E-state index >= 15 is 0 Å². The standard InChI is InChI=1S/C16H13F2N3O2/c17-13-5-10-3-12(4-11(10)6-14(13)18)21-16-19-7-9(8-20-16)1-2-15(22)23/h1-2,5-8,12H,3-4H2,(H,22,23)(H,19,20,21). The Bertz CT molecular complexity index is 745. The lowest BCUT2D eigenvalue weighted by molar-refractivity contribution is -0.131. The Morgan fingerprint density at radius 1 is 1.17 bits per heavy atom. The first-order valence-electron chi connectivity index (χ1n) is 6.97. The van der Waals surface area contributed by atoms with Gasteiger partial charge in [0.05, 0.1) is 0 Å². The molecule has 23 heavy (non-hydrogen) atoms. The summed E-state index contributed by atoms with van der Waals surface area (Å²) in [7, 11) is 0. The van der Waals surface area contributed by atoms with Crippen LogP contribution in [0.2, 0.25) is 0 Å². The number of rotatable bonds is 4. The van der Waals surface area contributed by atoms with Gasteiger partial charge < -0.3 is 10.4 Å². The molecule has 0 saturated carbocycles. The van der Waals surface area contributed by atoms with Crippen LogP contribution in [0.1, 0.15) is 16.7 Å². The highest BCUT2D eigenvalue weighted by atomic mass is 19.2. The first kappa shape index (κ1) is 15.1. The second-order valence-electron chi connectivity index (χ2n) is 5.30. The number of carbonyl (C=O) groups is 1. The maximum atomic E-state index is 13.2. The Labute approximate surface area is 130 Å². The van der Waals surface area contributed by atoms with Crippen molar-refractivity contribution < 1.29 is 18.7 Å². The van der Waals surface area contributed by atoms with Crippen molar-refractivity contribution in [1.82, 2.24) is 9.97 Å². The predicted octanol–water partition coefficient (Wildman–Crippen LogP) is 2.43. The van der Waals surface area contributed by atoms with Gasteiger partial charge in [0.2, 0.25) is 5.95 Å². The molecule has 1 heterocycles. The molecule has 1 aromatic carbocycles. The van der Waals surface area contributed by atoms with E-state index in [-0.39, 0.29) is 6.04 Å². The molecule has 0 unspecified atom stereocenters. The summed E-state index contributed by atoms with van der Waals surface area (Å²) in [5.74, 6) is -2.34. The number of aromatic nitrogens is 2. The van der Waals surface area contributed by atoms with Crippen molar-refractivity contribution in [2.75, 3.05) is 5.32 Å². The lowest BCUT2D eigenvalue weighted by Gasteiger charge is -2.11. The van der Waals surface area contributed by atoms with Crippen LogP contribution in [0.5, 0.6) is 0 Å². The van der Waals surface area contributed by atoms with Crippen molar-refractivity contribution in [2.24, 2.45) is 0 Å². The maximum absolute atomic E-state index is 13.2. The topological polar surface area (TPSA) is 75.1 Å². The highest BCUT2D eigenvalue weighted by molar-refractivity contribution is 5.85. The van der Waals surface area contributed by atoms with Crippen LogP contribution >= 0.6 is 0 Å². The minimum absolute atomic E-state index is 0.0355. The van der Waals surface area contributed by atoms with E-state index in [2.05, 4.69) is 15.3 Å². The lowest BCUT2D eigenvalue weighted by Crippen LogP contribution is -2.21. The van der Waals surface area contributed by atoms with Crippen molar-refractivity contribution in [2.45, 2.75) is 18.9 Å². The van der Waals surface area contributed by atoms with Crippen LogP contribution in [0.3, 0.4) is 0 Å². The van der Waals surface area contributed by atoms with E-state index in [1.807, 2.05) is 0 Å². The second kappa shape index (κ2) is 6.12. The SMILES string of the molecule is O=C(O)C=Cc1cnc(NC2Cc3cc(F)c(F)cc3C2)nc1. The first-order chi connectivity index (χ1) is 11.0. The fourth-order valence-corrected chi connectivity index (χ4v) is 2.56. The van der Waals surface area contributed by atoms with Gasteiger partial charge >= 0.3 is 5.97 Å². The number of hydrogen-bond donors (Lipinski definition) is 2. The Kier molecular flexibility index (Phi) is 4.01. The van der Waals surface area contributed by atoms with Crippen molar-refractivity contribution in [3.05, 3.63) is 58.9 Å². The molecule has 0 radical (unpaired) electrons. The third-order valence-corrected chi connectivity index (χ3v) is 3.60. The Morgan fingerprint density at radius 3 is 2.26 bits per heavy atom. The molecule has 5 nitrogen and oxygen atoms in total. The lowest BCUT2D eigenvalue weighted by atomic mass is 10.1. The highest BCUT2D eigenvalue weighted by Crippen LogP contribution is 2.26. The van der Waals surface area contributed by atoms with E-state index in [9.17, 15) is 13.6 Å². The number of aliphatic carboxylic acids is 1. The number of hydrogen-bond acceptors (Lipinski definition) is 4.